The molecule has 0 radical (unpaired) electrons. The first-order valence-corrected chi connectivity index (χ1v) is 7.59. The summed E-state index contributed by atoms with van der Waals surface area (Å²) in [7, 11) is 1.58. The highest BCUT2D eigenvalue weighted by atomic mass is 32.1. The van der Waals surface area contributed by atoms with E-state index in [-0.39, 0.29) is 12.0 Å². The van der Waals surface area contributed by atoms with Crippen molar-refractivity contribution in [1.82, 2.24) is 4.90 Å². The second kappa shape index (κ2) is 5.46. The lowest BCUT2D eigenvalue weighted by atomic mass is 10.1. The lowest BCUT2D eigenvalue weighted by Crippen LogP contribution is -2.43. The molecule has 3 rings (SSSR count). The van der Waals surface area contributed by atoms with Crippen LogP contribution >= 0.6 is 11.3 Å². The first-order chi connectivity index (χ1) is 10.1. The van der Waals surface area contributed by atoms with Crippen LogP contribution in [0.25, 0.3) is 10.1 Å². The summed E-state index contributed by atoms with van der Waals surface area (Å²) >= 11 is 1.52. The number of methoxy groups -OCH3 is 1. The molecule has 1 aromatic carbocycles. The number of rotatable bonds is 3. The summed E-state index contributed by atoms with van der Waals surface area (Å²) in [4.78, 5) is 25.9. The van der Waals surface area contributed by atoms with Crippen LogP contribution in [0.2, 0.25) is 0 Å². The molecule has 1 aliphatic heterocycles. The van der Waals surface area contributed by atoms with Gasteiger partial charge >= 0.3 is 0 Å². The molecule has 6 heteroatoms. The molecular formula is C15H16N2O3S. The molecule has 2 amide bonds. The Labute approximate surface area is 126 Å². The minimum atomic E-state index is -0.596. The minimum absolute atomic E-state index is 0.142. The summed E-state index contributed by atoms with van der Waals surface area (Å²) in [6.07, 6.45) is 0.316. The summed E-state index contributed by atoms with van der Waals surface area (Å²) in [5.74, 6) is -0.641. The van der Waals surface area contributed by atoms with Gasteiger partial charge in [0.05, 0.1) is 11.7 Å². The molecular weight excluding hydrogens is 288 g/mol. The van der Waals surface area contributed by atoms with Crippen LogP contribution in [0.4, 0.5) is 0 Å². The van der Waals surface area contributed by atoms with Crippen molar-refractivity contribution in [2.45, 2.75) is 18.6 Å². The van der Waals surface area contributed by atoms with Gasteiger partial charge in [-0.05, 0) is 6.07 Å². The summed E-state index contributed by atoms with van der Waals surface area (Å²) in [5, 5.41) is 2.75. The number of hydrogen-bond acceptors (Lipinski definition) is 4. The molecule has 21 heavy (non-hydrogen) atoms. The van der Waals surface area contributed by atoms with Gasteiger partial charge in [0.15, 0.2) is 0 Å². The predicted octanol–water partition coefficient (Wildman–Crippen LogP) is 1.62. The number of nitrogens with two attached hydrogens (primary N) is 1. The van der Waals surface area contributed by atoms with Gasteiger partial charge < -0.3 is 15.4 Å². The maximum atomic E-state index is 12.8. The number of carbonyl (C=O) groups is 2. The number of hydrogen-bond donors (Lipinski definition) is 1. The Kier molecular flexibility index (Phi) is 3.65. The fraction of sp³-hybridized carbons (Fsp3) is 0.333. The molecule has 0 spiro atoms. The van der Waals surface area contributed by atoms with Gasteiger partial charge in [-0.3, -0.25) is 9.59 Å². The second-order valence-electron chi connectivity index (χ2n) is 5.11. The Morgan fingerprint density at radius 2 is 2.14 bits per heavy atom. The van der Waals surface area contributed by atoms with Crippen molar-refractivity contribution < 1.29 is 14.3 Å². The lowest BCUT2D eigenvalue weighted by molar-refractivity contribution is -0.121. The van der Waals surface area contributed by atoms with Crippen LogP contribution in [0.15, 0.2) is 29.6 Å². The third-order valence-electron chi connectivity index (χ3n) is 3.90. The van der Waals surface area contributed by atoms with E-state index < -0.39 is 11.9 Å². The first kappa shape index (κ1) is 14.0. The van der Waals surface area contributed by atoms with Crippen molar-refractivity contribution in [2.24, 2.45) is 5.73 Å². The smallest absolute Gasteiger partial charge is 0.256 e. The number of likely N-dealkylation sites (tertiary alicyclic amines) is 1. The van der Waals surface area contributed by atoms with E-state index in [9.17, 15) is 9.59 Å². The zero-order valence-corrected chi connectivity index (χ0v) is 12.4. The zero-order chi connectivity index (χ0) is 15.0. The number of carbonyl (C=O) groups excluding carboxylic acids is 2. The Balaban J connectivity index is 1.95. The molecule has 1 saturated heterocycles. The topological polar surface area (TPSA) is 72.6 Å². The van der Waals surface area contributed by atoms with Gasteiger partial charge in [0.25, 0.3) is 5.91 Å². The van der Waals surface area contributed by atoms with Crippen LogP contribution in [0, 0.1) is 0 Å². The molecule has 5 nitrogen and oxygen atoms in total. The van der Waals surface area contributed by atoms with Crippen molar-refractivity contribution in [3.05, 3.63) is 35.2 Å². The fourth-order valence-electron chi connectivity index (χ4n) is 2.76. The highest BCUT2D eigenvalue weighted by Crippen LogP contribution is 2.29. The van der Waals surface area contributed by atoms with E-state index in [1.165, 1.54) is 16.2 Å². The van der Waals surface area contributed by atoms with E-state index in [4.69, 9.17) is 10.5 Å². The van der Waals surface area contributed by atoms with Crippen molar-refractivity contribution in [3.8, 4) is 0 Å². The van der Waals surface area contributed by atoms with E-state index in [1.54, 1.807) is 7.11 Å². The van der Waals surface area contributed by atoms with Crippen LogP contribution in [0.5, 0.6) is 0 Å². The van der Waals surface area contributed by atoms with Gasteiger partial charge in [0.1, 0.15) is 6.04 Å². The molecule has 0 bridgehead atoms. The van der Waals surface area contributed by atoms with Crippen molar-refractivity contribution >= 4 is 33.2 Å². The molecule has 0 saturated carbocycles. The highest BCUT2D eigenvalue weighted by Gasteiger charge is 2.39. The van der Waals surface area contributed by atoms with Crippen LogP contribution in [-0.2, 0) is 9.53 Å². The van der Waals surface area contributed by atoms with Gasteiger partial charge in [-0.15, -0.1) is 11.3 Å². The summed E-state index contributed by atoms with van der Waals surface area (Å²) in [6, 6.07) is 7.14. The van der Waals surface area contributed by atoms with Gasteiger partial charge in [-0.25, -0.2) is 0 Å². The maximum Gasteiger partial charge on any atom is 0.256 e. The third-order valence-corrected chi connectivity index (χ3v) is 4.86. The van der Waals surface area contributed by atoms with Gasteiger partial charge in [-0.2, -0.15) is 0 Å². The van der Waals surface area contributed by atoms with Crippen LogP contribution < -0.4 is 5.73 Å². The van der Waals surface area contributed by atoms with Crippen molar-refractivity contribution in [2.75, 3.05) is 13.7 Å². The zero-order valence-electron chi connectivity index (χ0n) is 11.6. The van der Waals surface area contributed by atoms with Gasteiger partial charge in [-0.1, -0.05) is 18.2 Å². The van der Waals surface area contributed by atoms with E-state index in [0.29, 0.717) is 18.5 Å². The number of ether oxygens (including phenoxy) is 1. The number of fused-ring (bicyclic) bond motifs is 1. The molecule has 2 atom stereocenters. The first-order valence-electron chi connectivity index (χ1n) is 6.71. The quantitative estimate of drug-likeness (QED) is 0.936. The van der Waals surface area contributed by atoms with Crippen LogP contribution in [-0.4, -0.2) is 42.5 Å². The summed E-state index contributed by atoms with van der Waals surface area (Å²) < 4.78 is 6.33. The molecule has 2 N–H and O–H groups in total. The molecule has 110 valence electrons. The summed E-state index contributed by atoms with van der Waals surface area (Å²) in [5.41, 5.74) is 6.05. The third kappa shape index (κ3) is 2.41. The largest absolute Gasteiger partial charge is 0.380 e. The molecule has 0 unspecified atom stereocenters. The second-order valence-corrected chi connectivity index (χ2v) is 6.03. The van der Waals surface area contributed by atoms with E-state index in [1.807, 2.05) is 29.6 Å². The fourth-order valence-corrected chi connectivity index (χ4v) is 3.70. The Morgan fingerprint density at radius 1 is 1.38 bits per heavy atom. The summed E-state index contributed by atoms with van der Waals surface area (Å²) in [6.45, 7) is 0.396. The van der Waals surface area contributed by atoms with Gasteiger partial charge in [0, 0.05) is 35.5 Å². The van der Waals surface area contributed by atoms with E-state index in [0.717, 1.165) is 10.1 Å². The van der Waals surface area contributed by atoms with E-state index in [2.05, 4.69) is 0 Å². The highest BCUT2D eigenvalue weighted by molar-refractivity contribution is 7.17. The molecule has 1 aliphatic rings. The van der Waals surface area contributed by atoms with Crippen LogP contribution in [0.1, 0.15) is 16.8 Å². The number of benzene rings is 1. The number of primary amides is 1. The normalized spacial score (nSPS) is 21.9. The molecule has 1 fully saturated rings. The lowest BCUT2D eigenvalue weighted by Gasteiger charge is -2.21. The van der Waals surface area contributed by atoms with Gasteiger partial charge in [0.2, 0.25) is 5.91 Å². The van der Waals surface area contributed by atoms with Crippen molar-refractivity contribution in [3.63, 3.8) is 0 Å². The number of thiophene rings is 1. The average molecular weight is 304 g/mol. The Morgan fingerprint density at radius 3 is 2.86 bits per heavy atom. The number of amides is 2. The average Bonchev–Trinajstić information content (AvgIpc) is 3.10. The molecule has 2 aromatic rings. The monoisotopic (exact) mass is 304 g/mol. The minimum Gasteiger partial charge on any atom is -0.380 e. The molecule has 0 aliphatic carbocycles. The molecule has 2 heterocycles. The standard InChI is InChI=1S/C15H16N2O3S/c1-20-9-6-12(14(16)18)17(7-9)15(19)11-8-21-13-5-3-2-4-10(11)13/h2-5,8-9,12H,6-7H2,1H3,(H2,16,18)/t9-,12-/m0/s1. The Bertz CT molecular complexity index is 697. The van der Waals surface area contributed by atoms with Crippen molar-refractivity contribution in [1.29, 1.82) is 0 Å². The van der Waals surface area contributed by atoms with Crippen LogP contribution in [0.3, 0.4) is 0 Å². The predicted molar refractivity (Wildman–Crippen MR) is 81.3 cm³/mol. The number of nitrogens with zero attached hydrogens (tertiary/aromatic N) is 1. The molecule has 1 aromatic heterocycles. The van der Waals surface area contributed by atoms with E-state index >= 15 is 0 Å². The SMILES string of the molecule is CO[C@H]1C[C@@H](C(N)=O)N(C(=O)c2csc3ccccc23)C1. The maximum absolute atomic E-state index is 12.8. The Hall–Kier alpha value is -1.92.